The van der Waals surface area contributed by atoms with E-state index in [4.69, 9.17) is 4.98 Å². The van der Waals surface area contributed by atoms with Crippen molar-refractivity contribution in [2.75, 3.05) is 5.32 Å². The van der Waals surface area contributed by atoms with Crippen LogP contribution >= 0.6 is 0 Å². The van der Waals surface area contributed by atoms with Crippen LogP contribution in [0.4, 0.5) is 10.5 Å². The molecule has 1 heterocycles. The third kappa shape index (κ3) is 4.20. The lowest BCUT2D eigenvalue weighted by molar-refractivity contribution is 0.251. The van der Waals surface area contributed by atoms with E-state index in [1.54, 1.807) is 0 Å². The molecule has 5 heteroatoms. The molecule has 0 bridgehead atoms. The smallest absolute Gasteiger partial charge is 0.319 e. The lowest BCUT2D eigenvalue weighted by Gasteiger charge is -2.11. The molecule has 0 aliphatic rings. The van der Waals surface area contributed by atoms with Crippen molar-refractivity contribution in [1.29, 1.82) is 0 Å². The molecule has 2 amide bonds. The molecule has 0 fully saturated rings. The number of nitrogens with one attached hydrogen (secondary N) is 2. The molecule has 0 saturated carbocycles. The molecule has 4 aromatic rings. The third-order valence-electron chi connectivity index (χ3n) is 4.64. The predicted octanol–water partition coefficient (Wildman–Crippen LogP) is 4.60. The second kappa shape index (κ2) is 8.39. The van der Waals surface area contributed by atoms with Crippen LogP contribution in [0.2, 0.25) is 0 Å². The summed E-state index contributed by atoms with van der Waals surface area (Å²) in [6.07, 6.45) is 0.907. The van der Waals surface area contributed by atoms with Crippen molar-refractivity contribution in [3.8, 4) is 0 Å². The number of hydrogen-bond acceptors (Lipinski definition) is 2. The molecular formula is C23H22N4O. The van der Waals surface area contributed by atoms with E-state index in [0.29, 0.717) is 6.54 Å². The molecule has 1 aromatic heterocycles. The fraction of sp³-hybridized carbons (Fsp3) is 0.130. The topological polar surface area (TPSA) is 59.0 Å². The third-order valence-corrected chi connectivity index (χ3v) is 4.64. The molecule has 4 rings (SSSR count). The number of aromatic nitrogens is 2. The lowest BCUT2D eigenvalue weighted by atomic mass is 10.1. The molecule has 0 aliphatic carbocycles. The molecule has 0 aliphatic heterocycles. The Labute approximate surface area is 164 Å². The van der Waals surface area contributed by atoms with Gasteiger partial charge in [-0.25, -0.2) is 9.78 Å². The Morgan fingerprint density at radius 2 is 1.54 bits per heavy atom. The van der Waals surface area contributed by atoms with Crippen molar-refractivity contribution in [3.63, 3.8) is 0 Å². The summed E-state index contributed by atoms with van der Waals surface area (Å²) < 4.78 is 2.19. The number of amides is 2. The van der Waals surface area contributed by atoms with Crippen LogP contribution in [-0.2, 0) is 19.5 Å². The van der Waals surface area contributed by atoms with Crippen LogP contribution in [-0.4, -0.2) is 15.6 Å². The van der Waals surface area contributed by atoms with Gasteiger partial charge in [-0.15, -0.1) is 0 Å². The van der Waals surface area contributed by atoms with Crippen LogP contribution in [0.15, 0.2) is 84.9 Å². The highest BCUT2D eigenvalue weighted by atomic mass is 16.2. The van der Waals surface area contributed by atoms with E-state index < -0.39 is 0 Å². The second-order valence-corrected chi connectivity index (χ2v) is 6.58. The minimum absolute atomic E-state index is 0.243. The number of rotatable bonds is 6. The number of imidazole rings is 1. The minimum Gasteiger partial charge on any atom is -0.331 e. The number of urea groups is 1. The maximum Gasteiger partial charge on any atom is 0.319 e. The first-order valence-electron chi connectivity index (χ1n) is 9.37. The first-order valence-corrected chi connectivity index (χ1v) is 9.37. The monoisotopic (exact) mass is 370 g/mol. The molecule has 5 nitrogen and oxygen atoms in total. The van der Waals surface area contributed by atoms with Crippen LogP contribution in [0, 0.1) is 0 Å². The van der Waals surface area contributed by atoms with E-state index in [9.17, 15) is 4.79 Å². The van der Waals surface area contributed by atoms with E-state index in [0.717, 1.165) is 35.5 Å². The molecular weight excluding hydrogens is 348 g/mol. The number of fused-ring (bicyclic) bond motifs is 1. The number of carbonyl (C=O) groups excluding carboxylic acids is 1. The highest BCUT2D eigenvalue weighted by molar-refractivity contribution is 5.89. The van der Waals surface area contributed by atoms with Crippen molar-refractivity contribution in [3.05, 3.63) is 96.3 Å². The largest absolute Gasteiger partial charge is 0.331 e. The Morgan fingerprint density at radius 1 is 0.857 bits per heavy atom. The van der Waals surface area contributed by atoms with Crippen LogP contribution < -0.4 is 10.6 Å². The molecule has 0 atom stereocenters. The van der Waals surface area contributed by atoms with Gasteiger partial charge < -0.3 is 15.2 Å². The van der Waals surface area contributed by atoms with Crippen LogP contribution in [0.25, 0.3) is 11.0 Å². The maximum absolute atomic E-state index is 12.2. The van der Waals surface area contributed by atoms with Gasteiger partial charge in [0.1, 0.15) is 5.82 Å². The van der Waals surface area contributed by atoms with Gasteiger partial charge in [-0.05, 0) is 36.2 Å². The van der Waals surface area contributed by atoms with Gasteiger partial charge in [0.15, 0.2) is 0 Å². The van der Waals surface area contributed by atoms with Gasteiger partial charge in [0.2, 0.25) is 0 Å². The van der Waals surface area contributed by atoms with Crippen molar-refractivity contribution < 1.29 is 4.79 Å². The SMILES string of the molecule is O=C(NCc1nc2ccccc2n1CCc1ccccc1)Nc1ccccc1. The van der Waals surface area contributed by atoms with E-state index in [1.807, 2.05) is 54.6 Å². The van der Waals surface area contributed by atoms with E-state index in [1.165, 1.54) is 5.56 Å². The van der Waals surface area contributed by atoms with Crippen molar-refractivity contribution in [1.82, 2.24) is 14.9 Å². The zero-order valence-electron chi connectivity index (χ0n) is 15.5. The average Bonchev–Trinajstić information content (AvgIpc) is 3.10. The molecule has 2 N–H and O–H groups in total. The Bertz CT molecular complexity index is 1060. The minimum atomic E-state index is -0.243. The molecule has 0 saturated heterocycles. The number of benzene rings is 3. The van der Waals surface area contributed by atoms with Crippen LogP contribution in [0.5, 0.6) is 0 Å². The highest BCUT2D eigenvalue weighted by Gasteiger charge is 2.11. The maximum atomic E-state index is 12.2. The second-order valence-electron chi connectivity index (χ2n) is 6.58. The zero-order valence-corrected chi connectivity index (χ0v) is 15.5. The number of hydrogen-bond donors (Lipinski definition) is 2. The lowest BCUT2D eigenvalue weighted by Crippen LogP contribution is -2.29. The number of nitrogens with zero attached hydrogens (tertiary/aromatic N) is 2. The van der Waals surface area contributed by atoms with E-state index >= 15 is 0 Å². The normalized spacial score (nSPS) is 10.7. The van der Waals surface area contributed by atoms with Gasteiger partial charge in [-0.1, -0.05) is 60.7 Å². The van der Waals surface area contributed by atoms with Crippen LogP contribution in [0.3, 0.4) is 0 Å². The summed E-state index contributed by atoms with van der Waals surface area (Å²) in [6.45, 7) is 1.17. The summed E-state index contributed by atoms with van der Waals surface area (Å²) in [4.78, 5) is 17.0. The first-order chi connectivity index (χ1) is 13.8. The zero-order chi connectivity index (χ0) is 19.2. The predicted molar refractivity (Wildman–Crippen MR) is 112 cm³/mol. The Kier molecular flexibility index (Phi) is 5.33. The van der Waals surface area contributed by atoms with Crippen LogP contribution in [0.1, 0.15) is 11.4 Å². The average molecular weight is 370 g/mol. The van der Waals surface area contributed by atoms with Crippen molar-refractivity contribution >= 4 is 22.8 Å². The Balaban J connectivity index is 1.48. The van der Waals surface area contributed by atoms with Gasteiger partial charge in [-0.2, -0.15) is 0 Å². The molecule has 0 radical (unpaired) electrons. The summed E-state index contributed by atoms with van der Waals surface area (Å²) in [5.41, 5.74) is 4.06. The number of para-hydroxylation sites is 3. The van der Waals surface area contributed by atoms with Gasteiger partial charge in [0, 0.05) is 12.2 Å². The standard InChI is InChI=1S/C23H22N4O/c28-23(25-19-11-5-2-6-12-19)24-17-22-26-20-13-7-8-14-21(20)27(22)16-15-18-9-3-1-4-10-18/h1-14H,15-17H2,(H2,24,25,28). The summed E-state index contributed by atoms with van der Waals surface area (Å²) >= 11 is 0. The quantitative estimate of drug-likeness (QED) is 0.521. The Morgan fingerprint density at radius 3 is 2.32 bits per heavy atom. The van der Waals surface area contributed by atoms with Crippen molar-refractivity contribution in [2.24, 2.45) is 0 Å². The highest BCUT2D eigenvalue weighted by Crippen LogP contribution is 2.17. The summed E-state index contributed by atoms with van der Waals surface area (Å²) in [5, 5.41) is 5.75. The number of carbonyl (C=O) groups is 1. The number of anilines is 1. The fourth-order valence-electron chi connectivity index (χ4n) is 3.25. The molecule has 140 valence electrons. The molecule has 3 aromatic carbocycles. The summed E-state index contributed by atoms with van der Waals surface area (Å²) in [6, 6.07) is 27.6. The fourth-order valence-corrected chi connectivity index (χ4v) is 3.25. The van der Waals surface area contributed by atoms with Gasteiger partial charge in [0.05, 0.1) is 17.6 Å². The molecule has 0 unspecified atom stereocenters. The van der Waals surface area contributed by atoms with E-state index in [2.05, 4.69) is 45.5 Å². The number of aryl methyl sites for hydroxylation is 2. The van der Waals surface area contributed by atoms with Gasteiger partial charge >= 0.3 is 6.03 Å². The first kappa shape index (κ1) is 17.8. The Hall–Kier alpha value is -3.60. The van der Waals surface area contributed by atoms with E-state index in [-0.39, 0.29) is 6.03 Å². The molecule has 0 spiro atoms. The van der Waals surface area contributed by atoms with Crippen molar-refractivity contribution in [2.45, 2.75) is 19.5 Å². The van der Waals surface area contributed by atoms with Gasteiger partial charge in [0.25, 0.3) is 0 Å². The summed E-state index contributed by atoms with van der Waals surface area (Å²) in [5.74, 6) is 0.848. The molecule has 28 heavy (non-hydrogen) atoms. The summed E-state index contributed by atoms with van der Waals surface area (Å²) in [7, 11) is 0. The van der Waals surface area contributed by atoms with Gasteiger partial charge in [-0.3, -0.25) is 0 Å².